The van der Waals surface area contributed by atoms with Crippen LogP contribution in [-0.4, -0.2) is 28.6 Å². The van der Waals surface area contributed by atoms with Gasteiger partial charge in [0.05, 0.1) is 18.6 Å². The fourth-order valence-corrected chi connectivity index (χ4v) is 4.46. The number of aliphatic hydroxyl groups is 1. The summed E-state index contributed by atoms with van der Waals surface area (Å²) in [4.78, 5) is 17.2. The lowest BCUT2D eigenvalue weighted by molar-refractivity contribution is -0.0517. The Kier molecular flexibility index (Phi) is 6.08. The van der Waals surface area contributed by atoms with Crippen molar-refractivity contribution in [3.8, 4) is 0 Å². The Morgan fingerprint density at radius 1 is 1.22 bits per heavy atom. The molecule has 4 atom stereocenters. The summed E-state index contributed by atoms with van der Waals surface area (Å²) in [6.45, 7) is 6.41. The van der Waals surface area contributed by atoms with Crippen LogP contribution >= 0.6 is 0 Å². The van der Waals surface area contributed by atoms with Crippen LogP contribution in [0.2, 0.25) is 0 Å². The predicted octanol–water partition coefficient (Wildman–Crippen LogP) is 4.48. The number of carbonyl (C=O) groups is 1. The van der Waals surface area contributed by atoms with Crippen LogP contribution in [0.5, 0.6) is 0 Å². The van der Waals surface area contributed by atoms with Crippen LogP contribution in [0, 0.1) is 5.92 Å². The van der Waals surface area contributed by atoms with E-state index in [1.165, 1.54) is 0 Å². The van der Waals surface area contributed by atoms with Crippen LogP contribution in [0.1, 0.15) is 67.6 Å². The second-order valence-electron chi connectivity index (χ2n) is 7.05. The highest BCUT2D eigenvalue weighted by Crippen LogP contribution is 2.55. The van der Waals surface area contributed by atoms with Gasteiger partial charge in [-0.25, -0.2) is 0 Å². The zero-order valence-corrected chi connectivity index (χ0v) is 16.4. The van der Waals surface area contributed by atoms with Gasteiger partial charge in [0.1, 0.15) is 11.3 Å². The highest BCUT2D eigenvalue weighted by Gasteiger charge is 2.62. The molecule has 0 amide bonds. The fourth-order valence-electron chi connectivity index (χ4n) is 4.46. The maximum atomic E-state index is 13.0. The first-order valence-electron chi connectivity index (χ1n) is 10.1. The lowest BCUT2D eigenvalue weighted by atomic mass is 9.79. The number of aromatic nitrogens is 1. The van der Waals surface area contributed by atoms with E-state index < -0.39 is 11.5 Å². The third-order valence-electron chi connectivity index (χ3n) is 5.67. The molecule has 1 aromatic heterocycles. The van der Waals surface area contributed by atoms with E-state index in [0.29, 0.717) is 5.69 Å². The highest BCUT2D eigenvalue weighted by atomic mass is 16.5. The molecular weight excluding hydrogens is 338 g/mol. The van der Waals surface area contributed by atoms with Crippen molar-refractivity contribution >= 4 is 5.78 Å². The van der Waals surface area contributed by atoms with Crippen LogP contribution in [0.15, 0.2) is 48.7 Å². The molecule has 27 heavy (non-hydrogen) atoms. The molecule has 0 bridgehead atoms. The van der Waals surface area contributed by atoms with Gasteiger partial charge in [0.2, 0.25) is 0 Å². The number of ketones is 1. The van der Waals surface area contributed by atoms with Gasteiger partial charge >= 0.3 is 0 Å². The van der Waals surface area contributed by atoms with Crippen molar-refractivity contribution in [2.45, 2.75) is 57.7 Å². The largest absolute Gasteiger partial charge is 0.382 e. The lowest BCUT2D eigenvalue weighted by Crippen LogP contribution is -2.42. The summed E-state index contributed by atoms with van der Waals surface area (Å²) in [7, 11) is 0. The van der Waals surface area contributed by atoms with E-state index in [1.54, 1.807) is 24.4 Å². The van der Waals surface area contributed by atoms with Gasteiger partial charge in [0, 0.05) is 12.1 Å². The molecule has 0 radical (unpaired) electrons. The SMILES string of the molecule is CC.CCCCC1c2ccccc2C2(O)C(C(=O)c3ccccn3)COC12. The van der Waals surface area contributed by atoms with E-state index in [9.17, 15) is 9.90 Å². The normalized spacial score (nSPS) is 28.1. The Bertz CT molecular complexity index is 776. The molecule has 2 aromatic rings. The van der Waals surface area contributed by atoms with Crippen molar-refractivity contribution in [1.82, 2.24) is 4.98 Å². The van der Waals surface area contributed by atoms with Crippen LogP contribution in [0.4, 0.5) is 0 Å². The molecular formula is C23H29NO3. The summed E-state index contributed by atoms with van der Waals surface area (Å²) < 4.78 is 6.03. The van der Waals surface area contributed by atoms with E-state index in [2.05, 4.69) is 18.0 Å². The number of ether oxygens (including phenoxy) is 1. The number of hydrogen-bond acceptors (Lipinski definition) is 4. The first-order chi connectivity index (χ1) is 13.2. The molecule has 1 N–H and O–H groups in total. The number of hydrogen-bond donors (Lipinski definition) is 1. The fraction of sp³-hybridized carbons (Fsp3) is 0.478. The molecule has 144 valence electrons. The van der Waals surface area contributed by atoms with Gasteiger partial charge in [-0.05, 0) is 29.7 Å². The minimum Gasteiger partial charge on any atom is -0.382 e. The van der Waals surface area contributed by atoms with Crippen molar-refractivity contribution < 1.29 is 14.6 Å². The summed E-state index contributed by atoms with van der Waals surface area (Å²) in [5.41, 5.74) is 1.11. The first-order valence-corrected chi connectivity index (χ1v) is 10.1. The Balaban J connectivity index is 0.00000102. The smallest absolute Gasteiger partial charge is 0.189 e. The quantitative estimate of drug-likeness (QED) is 0.792. The Morgan fingerprint density at radius 3 is 2.67 bits per heavy atom. The maximum absolute atomic E-state index is 13.0. The van der Waals surface area contributed by atoms with Crippen LogP contribution in [-0.2, 0) is 10.3 Å². The summed E-state index contributed by atoms with van der Waals surface area (Å²) in [6, 6.07) is 13.2. The topological polar surface area (TPSA) is 59.4 Å². The van der Waals surface area contributed by atoms with Gasteiger partial charge in [-0.3, -0.25) is 9.78 Å². The summed E-state index contributed by atoms with van der Waals surface area (Å²) in [6.07, 6.45) is 4.39. The molecule has 4 nitrogen and oxygen atoms in total. The molecule has 0 spiro atoms. The number of fused-ring (bicyclic) bond motifs is 3. The minimum atomic E-state index is -1.26. The zero-order valence-electron chi connectivity index (χ0n) is 16.4. The maximum Gasteiger partial charge on any atom is 0.189 e. The number of nitrogens with zero attached hydrogens (tertiary/aromatic N) is 1. The molecule has 1 fully saturated rings. The molecule has 2 heterocycles. The molecule has 4 rings (SSSR count). The summed E-state index contributed by atoms with van der Waals surface area (Å²) in [5, 5.41) is 11.7. The lowest BCUT2D eigenvalue weighted by Gasteiger charge is -2.29. The number of pyridine rings is 1. The van der Waals surface area contributed by atoms with Gasteiger partial charge in [0.15, 0.2) is 5.78 Å². The highest BCUT2D eigenvalue weighted by molar-refractivity contribution is 5.97. The Morgan fingerprint density at radius 2 is 1.96 bits per heavy atom. The van der Waals surface area contributed by atoms with Crippen molar-refractivity contribution in [1.29, 1.82) is 0 Å². The number of benzene rings is 1. The van der Waals surface area contributed by atoms with Gasteiger partial charge in [-0.2, -0.15) is 0 Å². The van der Waals surface area contributed by atoms with Crippen molar-refractivity contribution in [3.05, 3.63) is 65.5 Å². The van der Waals surface area contributed by atoms with Crippen LogP contribution in [0.25, 0.3) is 0 Å². The number of carbonyl (C=O) groups excluding carboxylic acids is 1. The molecule has 2 aliphatic rings. The van der Waals surface area contributed by atoms with Crippen LogP contribution < -0.4 is 0 Å². The average Bonchev–Trinajstić information content (AvgIpc) is 3.19. The third kappa shape index (κ3) is 3.21. The van der Waals surface area contributed by atoms with E-state index in [-0.39, 0.29) is 24.4 Å². The van der Waals surface area contributed by atoms with Gasteiger partial charge in [-0.15, -0.1) is 0 Å². The van der Waals surface area contributed by atoms with Crippen molar-refractivity contribution in [2.75, 3.05) is 6.61 Å². The molecule has 0 saturated carbocycles. The second kappa shape index (κ2) is 8.32. The van der Waals surface area contributed by atoms with E-state index in [4.69, 9.17) is 4.74 Å². The van der Waals surface area contributed by atoms with Crippen molar-refractivity contribution in [2.24, 2.45) is 5.92 Å². The molecule has 1 aliphatic heterocycles. The molecule has 1 aliphatic carbocycles. The molecule has 1 aromatic carbocycles. The standard InChI is InChI=1S/C21H23NO3.C2H6/c1-2-3-8-15-14-9-4-5-10-16(14)21(24)17(13-25-20(15)21)19(23)18-11-6-7-12-22-18;1-2/h4-7,9-12,15,17,20,24H,2-3,8,13H2,1H3;1-2H3. The van der Waals surface area contributed by atoms with Crippen LogP contribution in [0.3, 0.4) is 0 Å². The summed E-state index contributed by atoms with van der Waals surface area (Å²) >= 11 is 0. The zero-order chi connectivity index (χ0) is 19.4. The second-order valence-corrected chi connectivity index (χ2v) is 7.05. The third-order valence-corrected chi connectivity index (χ3v) is 5.67. The van der Waals surface area contributed by atoms with Gasteiger partial charge in [0.25, 0.3) is 0 Å². The van der Waals surface area contributed by atoms with E-state index in [0.717, 1.165) is 30.4 Å². The molecule has 4 unspecified atom stereocenters. The Hall–Kier alpha value is -2.04. The first kappa shape index (κ1) is 19.7. The van der Waals surface area contributed by atoms with Gasteiger partial charge < -0.3 is 9.84 Å². The molecule has 4 heteroatoms. The monoisotopic (exact) mass is 367 g/mol. The average molecular weight is 367 g/mol. The molecule has 1 saturated heterocycles. The predicted molar refractivity (Wildman–Crippen MR) is 106 cm³/mol. The summed E-state index contributed by atoms with van der Waals surface area (Å²) in [5.74, 6) is -0.612. The number of Topliss-reactive ketones (excluding diaryl/α,β-unsaturated/α-hetero) is 1. The number of rotatable bonds is 5. The van der Waals surface area contributed by atoms with E-state index >= 15 is 0 Å². The Labute approximate surface area is 161 Å². The van der Waals surface area contributed by atoms with E-state index in [1.807, 2.05) is 32.0 Å². The number of unbranched alkanes of at least 4 members (excludes halogenated alkanes) is 1. The van der Waals surface area contributed by atoms with Crippen molar-refractivity contribution in [3.63, 3.8) is 0 Å². The van der Waals surface area contributed by atoms with Gasteiger partial charge in [-0.1, -0.05) is 63.9 Å². The minimum absolute atomic E-state index is 0.141.